The van der Waals surface area contributed by atoms with E-state index in [-0.39, 0.29) is 30.4 Å². The van der Waals surface area contributed by atoms with Crippen LogP contribution in [0.25, 0.3) is 0 Å². The summed E-state index contributed by atoms with van der Waals surface area (Å²) >= 11 is 6.08. The van der Waals surface area contributed by atoms with Crippen molar-refractivity contribution in [2.24, 2.45) is 0 Å². The SMILES string of the molecule is CCC[C@H](NC(=O)[C@H](C)[NH+](C)CC(=O)Nc1ccccc1Cl)c1ccccc1. The van der Waals surface area contributed by atoms with Gasteiger partial charge in [0.05, 0.1) is 23.8 Å². The number of hydrogen-bond acceptors (Lipinski definition) is 2. The van der Waals surface area contributed by atoms with E-state index < -0.39 is 0 Å². The molecular weight excluding hydrogens is 374 g/mol. The zero-order chi connectivity index (χ0) is 20.5. The monoisotopic (exact) mass is 402 g/mol. The van der Waals surface area contributed by atoms with Gasteiger partial charge in [-0.2, -0.15) is 0 Å². The number of halogens is 1. The summed E-state index contributed by atoms with van der Waals surface area (Å²) in [7, 11) is 1.84. The Hall–Kier alpha value is -2.37. The molecule has 0 aromatic heterocycles. The highest BCUT2D eigenvalue weighted by Gasteiger charge is 2.26. The molecule has 0 bridgehead atoms. The zero-order valence-electron chi connectivity index (χ0n) is 16.7. The van der Waals surface area contributed by atoms with E-state index in [0.29, 0.717) is 10.7 Å². The number of para-hydroxylation sites is 1. The molecular formula is C22H29ClN3O2+. The quantitative estimate of drug-likeness (QED) is 0.604. The van der Waals surface area contributed by atoms with Crippen LogP contribution in [0.2, 0.25) is 5.02 Å². The minimum Gasteiger partial charge on any atom is -0.344 e. The third-order valence-corrected chi connectivity index (χ3v) is 5.15. The molecule has 0 spiro atoms. The molecule has 150 valence electrons. The summed E-state index contributed by atoms with van der Waals surface area (Å²) in [5.41, 5.74) is 1.67. The van der Waals surface area contributed by atoms with Crippen molar-refractivity contribution in [2.75, 3.05) is 18.9 Å². The summed E-state index contributed by atoms with van der Waals surface area (Å²) in [6, 6.07) is 16.7. The number of carbonyl (C=O) groups excluding carboxylic acids is 2. The molecule has 0 heterocycles. The van der Waals surface area contributed by atoms with Gasteiger partial charge < -0.3 is 15.5 Å². The van der Waals surface area contributed by atoms with Crippen LogP contribution in [0.3, 0.4) is 0 Å². The topological polar surface area (TPSA) is 62.6 Å². The highest BCUT2D eigenvalue weighted by molar-refractivity contribution is 6.33. The predicted octanol–water partition coefficient (Wildman–Crippen LogP) is 2.84. The van der Waals surface area contributed by atoms with Crippen molar-refractivity contribution in [3.63, 3.8) is 0 Å². The van der Waals surface area contributed by atoms with E-state index in [4.69, 9.17) is 11.6 Å². The zero-order valence-corrected chi connectivity index (χ0v) is 17.4. The Morgan fingerprint density at radius 3 is 2.36 bits per heavy atom. The molecule has 0 aliphatic rings. The highest BCUT2D eigenvalue weighted by Crippen LogP contribution is 2.20. The molecule has 28 heavy (non-hydrogen) atoms. The molecule has 2 amide bonds. The summed E-state index contributed by atoms with van der Waals surface area (Å²) in [6.07, 6.45) is 1.84. The Morgan fingerprint density at radius 2 is 1.71 bits per heavy atom. The highest BCUT2D eigenvalue weighted by atomic mass is 35.5. The Labute approximate surface area is 172 Å². The van der Waals surface area contributed by atoms with Crippen molar-refractivity contribution in [3.8, 4) is 0 Å². The minimum atomic E-state index is -0.361. The first-order chi connectivity index (χ1) is 13.4. The van der Waals surface area contributed by atoms with Crippen molar-refractivity contribution in [1.82, 2.24) is 5.32 Å². The fraction of sp³-hybridized carbons (Fsp3) is 0.364. The molecule has 5 nitrogen and oxygen atoms in total. The van der Waals surface area contributed by atoms with E-state index in [1.165, 1.54) is 0 Å². The maximum atomic E-state index is 12.8. The number of amides is 2. The van der Waals surface area contributed by atoms with Crippen LogP contribution in [0.5, 0.6) is 0 Å². The van der Waals surface area contributed by atoms with Gasteiger partial charge in [0.15, 0.2) is 12.6 Å². The van der Waals surface area contributed by atoms with Crippen LogP contribution in [0.1, 0.15) is 38.3 Å². The molecule has 0 aliphatic heterocycles. The van der Waals surface area contributed by atoms with Crippen LogP contribution < -0.4 is 15.5 Å². The third-order valence-electron chi connectivity index (χ3n) is 4.82. The Morgan fingerprint density at radius 1 is 1.07 bits per heavy atom. The fourth-order valence-corrected chi connectivity index (χ4v) is 3.16. The summed E-state index contributed by atoms with van der Waals surface area (Å²) in [6.45, 7) is 4.10. The molecule has 3 N–H and O–H groups in total. The first-order valence-corrected chi connectivity index (χ1v) is 10.0. The number of hydrogen-bond donors (Lipinski definition) is 3. The first kappa shape index (κ1) is 21.9. The molecule has 0 fully saturated rings. The normalized spacial score (nSPS) is 14.0. The van der Waals surface area contributed by atoms with Crippen LogP contribution >= 0.6 is 11.6 Å². The van der Waals surface area contributed by atoms with Gasteiger partial charge in [0.25, 0.3) is 11.8 Å². The second-order valence-corrected chi connectivity index (χ2v) is 7.44. The molecule has 0 aliphatic carbocycles. The lowest BCUT2D eigenvalue weighted by Gasteiger charge is -2.24. The lowest BCUT2D eigenvalue weighted by atomic mass is 10.0. The molecule has 2 aromatic carbocycles. The van der Waals surface area contributed by atoms with Crippen LogP contribution in [-0.2, 0) is 9.59 Å². The van der Waals surface area contributed by atoms with E-state index in [0.717, 1.165) is 23.3 Å². The van der Waals surface area contributed by atoms with Gasteiger partial charge in [-0.15, -0.1) is 0 Å². The first-order valence-electron chi connectivity index (χ1n) is 9.64. The molecule has 0 saturated carbocycles. The second-order valence-electron chi connectivity index (χ2n) is 7.03. The van der Waals surface area contributed by atoms with Gasteiger partial charge >= 0.3 is 0 Å². The Balaban J connectivity index is 1.93. The second kappa shape index (κ2) is 10.8. The Bertz CT molecular complexity index is 782. The van der Waals surface area contributed by atoms with Crippen LogP contribution in [0.4, 0.5) is 5.69 Å². The number of anilines is 1. The van der Waals surface area contributed by atoms with E-state index >= 15 is 0 Å². The van der Waals surface area contributed by atoms with Gasteiger partial charge in [0.1, 0.15) is 0 Å². The third kappa shape index (κ3) is 6.36. The number of rotatable bonds is 9. The average molecular weight is 403 g/mol. The van der Waals surface area contributed by atoms with E-state index in [1.807, 2.05) is 50.4 Å². The van der Waals surface area contributed by atoms with E-state index in [1.54, 1.807) is 18.2 Å². The van der Waals surface area contributed by atoms with Gasteiger partial charge in [0, 0.05) is 0 Å². The molecule has 3 atom stereocenters. The summed E-state index contributed by atoms with van der Waals surface area (Å²) < 4.78 is 0. The summed E-state index contributed by atoms with van der Waals surface area (Å²) in [5, 5.41) is 6.42. The van der Waals surface area contributed by atoms with Crippen molar-refractivity contribution in [3.05, 3.63) is 65.2 Å². The van der Waals surface area contributed by atoms with E-state index in [2.05, 4.69) is 17.6 Å². The minimum absolute atomic E-state index is 0.0223. The van der Waals surface area contributed by atoms with Crippen molar-refractivity contribution >= 4 is 29.1 Å². The smallest absolute Gasteiger partial charge is 0.279 e. The van der Waals surface area contributed by atoms with Crippen LogP contribution in [0, 0.1) is 0 Å². The number of likely N-dealkylation sites (N-methyl/N-ethyl adjacent to an activating group) is 1. The molecule has 0 saturated heterocycles. The number of benzene rings is 2. The lowest BCUT2D eigenvalue weighted by Crippen LogP contribution is -3.15. The lowest BCUT2D eigenvalue weighted by molar-refractivity contribution is -0.885. The average Bonchev–Trinajstić information content (AvgIpc) is 2.69. The predicted molar refractivity (Wildman–Crippen MR) is 114 cm³/mol. The van der Waals surface area contributed by atoms with Crippen molar-refractivity contribution in [1.29, 1.82) is 0 Å². The Kier molecular flexibility index (Phi) is 8.48. The maximum absolute atomic E-state index is 12.8. The molecule has 6 heteroatoms. The summed E-state index contributed by atoms with van der Waals surface area (Å²) in [4.78, 5) is 25.9. The van der Waals surface area contributed by atoms with E-state index in [9.17, 15) is 9.59 Å². The van der Waals surface area contributed by atoms with Crippen LogP contribution in [-0.4, -0.2) is 31.4 Å². The fourth-order valence-electron chi connectivity index (χ4n) is 2.98. The van der Waals surface area contributed by atoms with Crippen molar-refractivity contribution in [2.45, 2.75) is 38.8 Å². The molecule has 1 unspecified atom stereocenters. The number of quaternary nitrogens is 1. The van der Waals surface area contributed by atoms with Gasteiger partial charge in [-0.05, 0) is 31.0 Å². The number of nitrogens with one attached hydrogen (secondary N) is 3. The van der Waals surface area contributed by atoms with Gasteiger partial charge in [-0.3, -0.25) is 9.59 Å². The largest absolute Gasteiger partial charge is 0.344 e. The van der Waals surface area contributed by atoms with Gasteiger partial charge in [-0.25, -0.2) is 0 Å². The maximum Gasteiger partial charge on any atom is 0.279 e. The van der Waals surface area contributed by atoms with Crippen molar-refractivity contribution < 1.29 is 14.5 Å². The number of carbonyl (C=O) groups is 2. The molecule has 0 radical (unpaired) electrons. The van der Waals surface area contributed by atoms with Gasteiger partial charge in [-0.1, -0.05) is 67.4 Å². The van der Waals surface area contributed by atoms with Crippen LogP contribution in [0.15, 0.2) is 54.6 Å². The van der Waals surface area contributed by atoms with Gasteiger partial charge in [0.2, 0.25) is 0 Å². The standard InChI is InChI=1S/C22H28ClN3O2/c1-4-10-19(17-11-6-5-7-12-17)25-22(28)16(2)26(3)15-21(27)24-20-14-9-8-13-18(20)23/h5-9,11-14,16,19H,4,10,15H2,1-3H3,(H,24,27)(H,25,28)/p+1/t16-,19-/m0/s1. The summed E-state index contributed by atoms with van der Waals surface area (Å²) in [5.74, 6) is -0.247. The molecule has 2 aromatic rings. The molecule has 2 rings (SSSR count).